The van der Waals surface area contributed by atoms with E-state index in [2.05, 4.69) is 6.07 Å². The smallest absolute Gasteiger partial charge is 0.0683 e. The van der Waals surface area contributed by atoms with Gasteiger partial charge in [0.05, 0.1) is 11.5 Å². The summed E-state index contributed by atoms with van der Waals surface area (Å²) >= 11 is 0. The van der Waals surface area contributed by atoms with Crippen molar-refractivity contribution in [2.45, 2.75) is 26.7 Å². The molecule has 0 atom stereocenters. The minimum atomic E-state index is -0.181. The summed E-state index contributed by atoms with van der Waals surface area (Å²) in [6.45, 7) is 4.55. The molecular weight excluding hydrogens is 112 g/mol. The Morgan fingerprint density at radius 1 is 1.56 bits per heavy atom. The molecule has 0 aliphatic heterocycles. The third kappa shape index (κ3) is 3.99. The van der Waals surface area contributed by atoms with Crippen LogP contribution in [0.4, 0.5) is 0 Å². The topological polar surface area (TPSA) is 49.8 Å². The number of hydrogen-bond acceptors (Lipinski definition) is 2. The first kappa shape index (κ1) is 8.45. The van der Waals surface area contributed by atoms with Gasteiger partial charge in [0, 0.05) is 0 Å². The summed E-state index contributed by atoms with van der Waals surface area (Å²) in [6.07, 6.45) is 1.85. The Morgan fingerprint density at radius 2 is 2.11 bits per heavy atom. The number of nitrogens with zero attached hydrogens (tertiary/aromatic N) is 1. The zero-order chi connectivity index (χ0) is 7.33. The van der Waals surface area contributed by atoms with Crippen LogP contribution in [0.5, 0.6) is 0 Å². The van der Waals surface area contributed by atoms with Crippen LogP contribution in [0.25, 0.3) is 0 Å². The lowest BCUT2D eigenvalue weighted by Crippen LogP contribution is -2.10. The molecule has 0 spiro atoms. The van der Waals surface area contributed by atoms with Gasteiger partial charge in [-0.3, -0.25) is 0 Å². The SMILES string of the molecule is CC(C)(C#N)CCCN. The Bertz CT molecular complexity index is 111. The minimum absolute atomic E-state index is 0.181. The fourth-order valence-electron chi connectivity index (χ4n) is 0.600. The van der Waals surface area contributed by atoms with Gasteiger partial charge in [0.25, 0.3) is 0 Å². The molecule has 0 aromatic heterocycles. The van der Waals surface area contributed by atoms with Gasteiger partial charge in [0.1, 0.15) is 0 Å². The Morgan fingerprint density at radius 3 is 2.44 bits per heavy atom. The average Bonchev–Trinajstić information content (AvgIpc) is 1.84. The summed E-state index contributed by atoms with van der Waals surface area (Å²) in [5, 5.41) is 8.53. The molecule has 0 bridgehead atoms. The van der Waals surface area contributed by atoms with Crippen molar-refractivity contribution < 1.29 is 0 Å². The molecule has 0 aliphatic rings. The second-order valence-electron chi connectivity index (χ2n) is 2.89. The Hall–Kier alpha value is -0.550. The molecule has 0 rings (SSSR count). The van der Waals surface area contributed by atoms with Crippen LogP contribution >= 0.6 is 0 Å². The monoisotopic (exact) mass is 126 g/mol. The molecule has 9 heavy (non-hydrogen) atoms. The van der Waals surface area contributed by atoms with Crippen LogP contribution < -0.4 is 5.73 Å². The van der Waals surface area contributed by atoms with Gasteiger partial charge in [-0.1, -0.05) is 0 Å². The molecule has 0 unspecified atom stereocenters. The maximum atomic E-state index is 8.53. The van der Waals surface area contributed by atoms with Gasteiger partial charge < -0.3 is 5.73 Å². The molecule has 0 saturated heterocycles. The maximum absolute atomic E-state index is 8.53. The molecular formula is C7H14N2. The first-order chi connectivity index (χ1) is 4.12. The van der Waals surface area contributed by atoms with Crippen molar-refractivity contribution in [1.82, 2.24) is 0 Å². The predicted molar refractivity (Wildman–Crippen MR) is 37.7 cm³/mol. The van der Waals surface area contributed by atoms with E-state index in [9.17, 15) is 0 Å². The quantitative estimate of drug-likeness (QED) is 0.619. The molecule has 0 heterocycles. The molecule has 0 aromatic carbocycles. The summed E-state index contributed by atoms with van der Waals surface area (Å²) in [4.78, 5) is 0. The standard InChI is InChI=1S/C7H14N2/c1-7(2,6-9)4-3-5-8/h3-5,8H2,1-2H3. The van der Waals surface area contributed by atoms with Gasteiger partial charge in [-0.05, 0) is 33.2 Å². The van der Waals surface area contributed by atoms with Crippen LogP contribution in [0.1, 0.15) is 26.7 Å². The third-order valence-corrected chi connectivity index (χ3v) is 1.31. The van der Waals surface area contributed by atoms with Crippen molar-refractivity contribution in [3.05, 3.63) is 0 Å². The summed E-state index contributed by atoms with van der Waals surface area (Å²) in [5.74, 6) is 0. The Labute approximate surface area is 56.7 Å². The van der Waals surface area contributed by atoms with Gasteiger partial charge in [-0.25, -0.2) is 0 Å². The highest BCUT2D eigenvalue weighted by atomic mass is 14.5. The van der Waals surface area contributed by atoms with Crippen LogP contribution in [0.3, 0.4) is 0 Å². The lowest BCUT2D eigenvalue weighted by molar-refractivity contribution is 0.438. The zero-order valence-electron chi connectivity index (χ0n) is 6.15. The van der Waals surface area contributed by atoms with E-state index >= 15 is 0 Å². The summed E-state index contributed by atoms with van der Waals surface area (Å²) in [7, 11) is 0. The first-order valence-corrected chi connectivity index (χ1v) is 3.24. The number of hydrogen-bond donors (Lipinski definition) is 1. The van der Waals surface area contributed by atoms with Crippen LogP contribution in [0.15, 0.2) is 0 Å². The Kier molecular flexibility index (Phi) is 3.26. The van der Waals surface area contributed by atoms with Gasteiger partial charge in [0.15, 0.2) is 0 Å². The van der Waals surface area contributed by atoms with E-state index in [-0.39, 0.29) is 5.41 Å². The molecule has 0 amide bonds. The minimum Gasteiger partial charge on any atom is -0.330 e. The molecule has 0 saturated carbocycles. The van der Waals surface area contributed by atoms with Crippen molar-refractivity contribution in [1.29, 1.82) is 5.26 Å². The number of nitriles is 1. The van der Waals surface area contributed by atoms with E-state index in [4.69, 9.17) is 11.0 Å². The third-order valence-electron chi connectivity index (χ3n) is 1.31. The highest BCUT2D eigenvalue weighted by Gasteiger charge is 2.14. The molecule has 2 heteroatoms. The van der Waals surface area contributed by atoms with E-state index in [0.717, 1.165) is 12.8 Å². The average molecular weight is 126 g/mol. The second-order valence-corrected chi connectivity index (χ2v) is 2.89. The maximum Gasteiger partial charge on any atom is 0.0683 e. The van der Waals surface area contributed by atoms with Crippen molar-refractivity contribution in [3.63, 3.8) is 0 Å². The zero-order valence-corrected chi connectivity index (χ0v) is 6.15. The normalized spacial score (nSPS) is 10.9. The van der Waals surface area contributed by atoms with Crippen LogP contribution in [-0.2, 0) is 0 Å². The highest BCUT2D eigenvalue weighted by Crippen LogP contribution is 2.19. The molecule has 52 valence electrons. The number of rotatable bonds is 3. The fraction of sp³-hybridized carbons (Fsp3) is 0.857. The van der Waals surface area contributed by atoms with Crippen LogP contribution in [0, 0.1) is 16.7 Å². The summed E-state index contributed by atoms with van der Waals surface area (Å²) in [6, 6.07) is 2.22. The van der Waals surface area contributed by atoms with E-state index in [1.54, 1.807) is 0 Å². The largest absolute Gasteiger partial charge is 0.330 e. The second kappa shape index (κ2) is 3.47. The van der Waals surface area contributed by atoms with Gasteiger partial charge in [-0.2, -0.15) is 5.26 Å². The van der Waals surface area contributed by atoms with Gasteiger partial charge in [-0.15, -0.1) is 0 Å². The van der Waals surface area contributed by atoms with Crippen molar-refractivity contribution in [3.8, 4) is 6.07 Å². The van der Waals surface area contributed by atoms with Crippen molar-refractivity contribution in [2.75, 3.05) is 6.54 Å². The molecule has 0 aromatic rings. The van der Waals surface area contributed by atoms with Crippen LogP contribution in [0.2, 0.25) is 0 Å². The van der Waals surface area contributed by atoms with E-state index in [1.165, 1.54) is 0 Å². The fourth-order valence-corrected chi connectivity index (χ4v) is 0.600. The molecule has 0 fully saturated rings. The van der Waals surface area contributed by atoms with Crippen molar-refractivity contribution >= 4 is 0 Å². The number of nitrogens with two attached hydrogens (primary N) is 1. The lowest BCUT2D eigenvalue weighted by Gasteiger charge is -2.12. The van der Waals surface area contributed by atoms with Gasteiger partial charge >= 0.3 is 0 Å². The van der Waals surface area contributed by atoms with E-state index in [1.807, 2.05) is 13.8 Å². The lowest BCUT2D eigenvalue weighted by atomic mass is 9.90. The highest BCUT2D eigenvalue weighted by molar-refractivity contribution is 4.91. The van der Waals surface area contributed by atoms with E-state index < -0.39 is 0 Å². The van der Waals surface area contributed by atoms with Crippen molar-refractivity contribution in [2.24, 2.45) is 11.1 Å². The summed E-state index contributed by atoms with van der Waals surface area (Å²) < 4.78 is 0. The summed E-state index contributed by atoms with van der Waals surface area (Å²) in [5.41, 5.74) is 5.10. The molecule has 0 aliphatic carbocycles. The molecule has 0 radical (unpaired) electrons. The van der Waals surface area contributed by atoms with Crippen LogP contribution in [-0.4, -0.2) is 6.54 Å². The molecule has 2 N–H and O–H groups in total. The van der Waals surface area contributed by atoms with E-state index in [0.29, 0.717) is 6.54 Å². The predicted octanol–water partition coefficient (Wildman–Crippen LogP) is 1.28. The first-order valence-electron chi connectivity index (χ1n) is 3.24. The van der Waals surface area contributed by atoms with Gasteiger partial charge in [0.2, 0.25) is 0 Å². The molecule has 2 nitrogen and oxygen atoms in total. The Balaban J connectivity index is 3.49.